The predicted molar refractivity (Wildman–Crippen MR) is 65.0 cm³/mol. The van der Waals surface area contributed by atoms with Crippen LogP contribution >= 0.6 is 0 Å². The van der Waals surface area contributed by atoms with Gasteiger partial charge in [0.15, 0.2) is 0 Å². The number of hydrogen-bond acceptors (Lipinski definition) is 1. The van der Waals surface area contributed by atoms with Crippen LogP contribution in [0.1, 0.15) is 42.0 Å². The fourth-order valence-corrected chi connectivity index (χ4v) is 2.80. The van der Waals surface area contributed by atoms with E-state index in [4.69, 9.17) is 0 Å². The number of halogens is 1. The van der Waals surface area contributed by atoms with Gasteiger partial charge in [0.05, 0.1) is 0 Å². The van der Waals surface area contributed by atoms with Gasteiger partial charge in [-0.3, -0.25) is 0 Å². The van der Waals surface area contributed by atoms with E-state index in [2.05, 4.69) is 5.32 Å². The van der Waals surface area contributed by atoms with Gasteiger partial charge in [-0.2, -0.15) is 0 Å². The molecule has 16 heavy (non-hydrogen) atoms. The normalized spacial score (nSPS) is 18.2. The number of rotatable bonds is 3. The van der Waals surface area contributed by atoms with Gasteiger partial charge in [0.1, 0.15) is 5.82 Å². The van der Waals surface area contributed by atoms with Crippen molar-refractivity contribution >= 4 is 0 Å². The number of benzene rings is 1. The molecule has 0 bridgehead atoms. The molecule has 88 valence electrons. The zero-order valence-electron chi connectivity index (χ0n) is 10.3. The molecular weight excluding hydrogens is 201 g/mol. The van der Waals surface area contributed by atoms with Crippen molar-refractivity contribution < 1.29 is 4.39 Å². The third kappa shape index (κ3) is 1.99. The minimum Gasteiger partial charge on any atom is -0.313 e. The Morgan fingerprint density at radius 3 is 2.19 bits per heavy atom. The molecule has 1 aliphatic carbocycles. The Hall–Kier alpha value is -0.890. The molecule has 0 radical (unpaired) electrons. The summed E-state index contributed by atoms with van der Waals surface area (Å²) in [5, 5.41) is 3.40. The van der Waals surface area contributed by atoms with Crippen molar-refractivity contribution in [2.45, 2.75) is 39.2 Å². The minimum atomic E-state index is -0.123. The Labute approximate surface area is 97.1 Å². The van der Waals surface area contributed by atoms with Crippen LogP contribution in [0.3, 0.4) is 0 Å². The second kappa shape index (κ2) is 4.54. The average molecular weight is 221 g/mol. The van der Waals surface area contributed by atoms with E-state index in [1.54, 1.807) is 12.1 Å². The molecule has 0 amide bonds. The smallest absolute Gasteiger partial charge is 0.123 e. The second-order valence-electron chi connectivity index (χ2n) is 4.91. The van der Waals surface area contributed by atoms with E-state index in [1.807, 2.05) is 20.9 Å². The summed E-state index contributed by atoms with van der Waals surface area (Å²) < 4.78 is 13.3. The number of nitrogens with one attached hydrogen (secondary N) is 1. The topological polar surface area (TPSA) is 12.0 Å². The molecular formula is C14H20FN. The van der Waals surface area contributed by atoms with Crippen molar-refractivity contribution in [1.82, 2.24) is 5.32 Å². The maximum Gasteiger partial charge on any atom is 0.123 e. The zero-order valence-corrected chi connectivity index (χ0v) is 10.3. The van der Waals surface area contributed by atoms with Crippen LogP contribution in [-0.2, 0) is 0 Å². The maximum absolute atomic E-state index is 13.3. The van der Waals surface area contributed by atoms with Crippen LogP contribution in [0.25, 0.3) is 0 Å². The van der Waals surface area contributed by atoms with Crippen LogP contribution in [0.5, 0.6) is 0 Å². The summed E-state index contributed by atoms with van der Waals surface area (Å²) in [6, 6.07) is 3.69. The highest BCUT2D eigenvalue weighted by atomic mass is 19.1. The van der Waals surface area contributed by atoms with Gasteiger partial charge < -0.3 is 5.32 Å². The van der Waals surface area contributed by atoms with Crippen molar-refractivity contribution in [2.75, 3.05) is 7.05 Å². The van der Waals surface area contributed by atoms with Crippen molar-refractivity contribution in [3.05, 3.63) is 34.6 Å². The van der Waals surface area contributed by atoms with Gasteiger partial charge in [-0.25, -0.2) is 4.39 Å². The maximum atomic E-state index is 13.3. The zero-order chi connectivity index (χ0) is 11.7. The quantitative estimate of drug-likeness (QED) is 0.823. The molecule has 0 spiro atoms. The number of aryl methyl sites for hydroxylation is 2. The summed E-state index contributed by atoms with van der Waals surface area (Å²) >= 11 is 0. The summed E-state index contributed by atoms with van der Waals surface area (Å²) in [6.07, 6.45) is 3.92. The molecule has 1 N–H and O–H groups in total. The van der Waals surface area contributed by atoms with Crippen LogP contribution in [0.4, 0.5) is 4.39 Å². The molecule has 1 unspecified atom stereocenters. The molecule has 1 fully saturated rings. The van der Waals surface area contributed by atoms with Gasteiger partial charge in [0, 0.05) is 6.04 Å². The molecule has 0 aliphatic heterocycles. The Kier molecular flexibility index (Phi) is 3.29. The van der Waals surface area contributed by atoms with Crippen molar-refractivity contribution in [3.63, 3.8) is 0 Å². The lowest BCUT2D eigenvalue weighted by Crippen LogP contribution is -2.31. The Morgan fingerprint density at radius 2 is 1.81 bits per heavy atom. The predicted octanol–water partition coefficient (Wildman–Crippen LogP) is 3.50. The molecule has 1 aromatic rings. The fraction of sp³-hybridized carbons (Fsp3) is 0.571. The molecule has 0 saturated heterocycles. The first-order valence-corrected chi connectivity index (χ1v) is 6.07. The van der Waals surface area contributed by atoms with E-state index in [1.165, 1.54) is 24.8 Å². The van der Waals surface area contributed by atoms with E-state index in [0.29, 0.717) is 6.04 Å². The highest BCUT2D eigenvalue weighted by Gasteiger charge is 2.29. The first-order valence-electron chi connectivity index (χ1n) is 6.07. The third-order valence-corrected chi connectivity index (χ3v) is 3.80. The summed E-state index contributed by atoms with van der Waals surface area (Å²) in [5.41, 5.74) is 3.45. The van der Waals surface area contributed by atoms with Crippen LogP contribution in [0.2, 0.25) is 0 Å². The van der Waals surface area contributed by atoms with E-state index in [9.17, 15) is 4.39 Å². The molecule has 2 heteroatoms. The summed E-state index contributed by atoms with van der Waals surface area (Å²) in [5.74, 6) is 0.607. The average Bonchev–Trinajstić information content (AvgIpc) is 2.11. The minimum absolute atomic E-state index is 0.123. The summed E-state index contributed by atoms with van der Waals surface area (Å²) in [7, 11) is 2.01. The van der Waals surface area contributed by atoms with Crippen LogP contribution < -0.4 is 5.32 Å². The van der Waals surface area contributed by atoms with Gasteiger partial charge in [-0.15, -0.1) is 0 Å². The SMILES string of the molecule is CNC(c1c(C)cc(F)cc1C)C1CCC1. The first kappa shape index (κ1) is 11.6. The lowest BCUT2D eigenvalue weighted by Gasteiger charge is -2.35. The van der Waals surface area contributed by atoms with E-state index in [0.717, 1.165) is 17.0 Å². The van der Waals surface area contributed by atoms with Crippen LogP contribution in [0, 0.1) is 25.6 Å². The molecule has 1 aromatic carbocycles. The summed E-state index contributed by atoms with van der Waals surface area (Å²) in [6.45, 7) is 4.02. The molecule has 0 heterocycles. The van der Waals surface area contributed by atoms with Gasteiger partial charge in [-0.05, 0) is 68.5 Å². The van der Waals surface area contributed by atoms with E-state index in [-0.39, 0.29) is 5.82 Å². The van der Waals surface area contributed by atoms with Gasteiger partial charge >= 0.3 is 0 Å². The van der Waals surface area contributed by atoms with Crippen LogP contribution in [0.15, 0.2) is 12.1 Å². The van der Waals surface area contributed by atoms with Gasteiger partial charge in [0.25, 0.3) is 0 Å². The summed E-state index contributed by atoms with van der Waals surface area (Å²) in [4.78, 5) is 0. The largest absolute Gasteiger partial charge is 0.313 e. The van der Waals surface area contributed by atoms with Gasteiger partial charge in [0.2, 0.25) is 0 Å². The van der Waals surface area contributed by atoms with Crippen LogP contribution in [-0.4, -0.2) is 7.05 Å². The Bertz CT molecular complexity index is 359. The molecule has 1 saturated carbocycles. The molecule has 1 aliphatic rings. The highest BCUT2D eigenvalue weighted by molar-refractivity contribution is 5.37. The van der Waals surface area contributed by atoms with E-state index < -0.39 is 0 Å². The third-order valence-electron chi connectivity index (χ3n) is 3.80. The first-order chi connectivity index (χ1) is 7.63. The lowest BCUT2D eigenvalue weighted by molar-refractivity contribution is 0.238. The second-order valence-corrected chi connectivity index (χ2v) is 4.91. The molecule has 1 nitrogen and oxygen atoms in total. The van der Waals surface area contributed by atoms with Gasteiger partial charge in [-0.1, -0.05) is 6.42 Å². The molecule has 0 aromatic heterocycles. The molecule has 1 atom stereocenters. The number of hydrogen-bond donors (Lipinski definition) is 1. The lowest BCUT2D eigenvalue weighted by atomic mass is 9.75. The monoisotopic (exact) mass is 221 g/mol. The fourth-order valence-electron chi connectivity index (χ4n) is 2.80. The Morgan fingerprint density at radius 1 is 1.25 bits per heavy atom. The van der Waals surface area contributed by atoms with E-state index >= 15 is 0 Å². The highest BCUT2D eigenvalue weighted by Crippen LogP contribution is 2.39. The van der Waals surface area contributed by atoms with Crippen molar-refractivity contribution in [2.24, 2.45) is 5.92 Å². The molecule has 2 rings (SSSR count). The standard InChI is InChI=1S/C14H20FN/c1-9-7-12(15)8-10(2)13(9)14(16-3)11-5-4-6-11/h7-8,11,14,16H,4-6H2,1-3H3. The van der Waals surface area contributed by atoms with Crippen molar-refractivity contribution in [3.8, 4) is 0 Å². The Balaban J connectivity index is 2.36. The van der Waals surface area contributed by atoms with Crippen molar-refractivity contribution in [1.29, 1.82) is 0 Å².